The molecule has 0 fully saturated rings. The normalized spacial score (nSPS) is 10.8. The van der Waals surface area contributed by atoms with E-state index in [9.17, 15) is 9.59 Å². The fourth-order valence-corrected chi connectivity index (χ4v) is 2.75. The smallest absolute Gasteiger partial charge is 0.241 e. The van der Waals surface area contributed by atoms with Crippen LogP contribution in [0.25, 0.3) is 10.9 Å². The number of benzene rings is 1. The molecule has 24 heavy (non-hydrogen) atoms. The molecule has 5 heteroatoms. The molecule has 1 aromatic heterocycles. The van der Waals surface area contributed by atoms with Crippen molar-refractivity contribution in [1.29, 1.82) is 0 Å². The summed E-state index contributed by atoms with van der Waals surface area (Å²) in [5.74, 6) is -0.0651. The Labute approximate surface area is 143 Å². The Bertz CT molecular complexity index is 693. The van der Waals surface area contributed by atoms with E-state index in [-0.39, 0.29) is 18.4 Å². The second-order valence-corrected chi connectivity index (χ2v) is 6.22. The highest BCUT2D eigenvalue weighted by molar-refractivity contribution is 5.84. The summed E-state index contributed by atoms with van der Waals surface area (Å²) < 4.78 is 0. The van der Waals surface area contributed by atoms with E-state index in [1.807, 2.05) is 24.4 Å². The molecule has 0 radical (unpaired) electrons. The molecule has 0 spiro atoms. The van der Waals surface area contributed by atoms with E-state index in [1.165, 1.54) is 17.9 Å². The Morgan fingerprint density at radius 3 is 2.62 bits per heavy atom. The Balaban J connectivity index is 1.96. The van der Waals surface area contributed by atoms with E-state index in [2.05, 4.69) is 18.0 Å². The van der Waals surface area contributed by atoms with Gasteiger partial charge in [-0.1, -0.05) is 31.5 Å². The van der Waals surface area contributed by atoms with Gasteiger partial charge < -0.3 is 14.8 Å². The number of hydrogen-bond acceptors (Lipinski definition) is 2. The third-order valence-corrected chi connectivity index (χ3v) is 4.37. The van der Waals surface area contributed by atoms with Gasteiger partial charge in [0, 0.05) is 44.2 Å². The SMILES string of the molecule is CCCCN(C)C(=O)CN(CCc1c[nH]c2ccccc12)C(C)=O. The quantitative estimate of drug-likeness (QED) is 0.809. The number of nitrogens with zero attached hydrogens (tertiary/aromatic N) is 2. The highest BCUT2D eigenvalue weighted by Gasteiger charge is 2.17. The molecule has 130 valence electrons. The number of hydrogen-bond donors (Lipinski definition) is 1. The van der Waals surface area contributed by atoms with Gasteiger partial charge in [-0.3, -0.25) is 9.59 Å². The van der Waals surface area contributed by atoms with Crippen LogP contribution in [0.3, 0.4) is 0 Å². The van der Waals surface area contributed by atoms with Gasteiger partial charge in [-0.2, -0.15) is 0 Å². The maximum Gasteiger partial charge on any atom is 0.241 e. The number of amides is 2. The molecule has 0 aliphatic rings. The number of unbranched alkanes of at least 4 members (excludes halogenated alkanes) is 1. The molecule has 0 saturated carbocycles. The molecule has 0 saturated heterocycles. The van der Waals surface area contributed by atoms with E-state index in [4.69, 9.17) is 0 Å². The number of para-hydroxylation sites is 1. The highest BCUT2D eigenvalue weighted by Crippen LogP contribution is 2.18. The molecule has 0 unspecified atom stereocenters. The summed E-state index contributed by atoms with van der Waals surface area (Å²) in [5.41, 5.74) is 2.26. The summed E-state index contributed by atoms with van der Waals surface area (Å²) in [6.45, 7) is 5.06. The van der Waals surface area contributed by atoms with Crippen molar-refractivity contribution in [3.8, 4) is 0 Å². The third-order valence-electron chi connectivity index (χ3n) is 4.37. The number of aromatic amines is 1. The van der Waals surface area contributed by atoms with Gasteiger partial charge in [0.05, 0.1) is 6.54 Å². The molecule has 2 amide bonds. The predicted octanol–water partition coefficient (Wildman–Crippen LogP) is 2.82. The molecule has 0 bridgehead atoms. The van der Waals surface area contributed by atoms with Crippen molar-refractivity contribution in [3.05, 3.63) is 36.0 Å². The lowest BCUT2D eigenvalue weighted by Gasteiger charge is -2.24. The van der Waals surface area contributed by atoms with Crippen LogP contribution in [0.5, 0.6) is 0 Å². The van der Waals surface area contributed by atoms with Gasteiger partial charge in [0.15, 0.2) is 0 Å². The predicted molar refractivity (Wildman–Crippen MR) is 96.8 cm³/mol. The summed E-state index contributed by atoms with van der Waals surface area (Å²) in [4.78, 5) is 30.7. The second kappa shape index (κ2) is 8.52. The minimum Gasteiger partial charge on any atom is -0.361 e. The summed E-state index contributed by atoms with van der Waals surface area (Å²) in [5, 5.41) is 1.17. The fraction of sp³-hybridized carbons (Fsp3) is 0.474. The van der Waals surface area contributed by atoms with Crippen molar-refractivity contribution in [2.45, 2.75) is 33.1 Å². The van der Waals surface area contributed by atoms with E-state index in [0.717, 1.165) is 31.3 Å². The average Bonchev–Trinajstić information content (AvgIpc) is 2.99. The van der Waals surface area contributed by atoms with Crippen LogP contribution >= 0.6 is 0 Å². The molecule has 1 aromatic carbocycles. The first kappa shape index (κ1) is 18.0. The largest absolute Gasteiger partial charge is 0.361 e. The lowest BCUT2D eigenvalue weighted by atomic mass is 10.1. The first-order valence-electron chi connectivity index (χ1n) is 8.57. The van der Waals surface area contributed by atoms with Crippen molar-refractivity contribution < 1.29 is 9.59 Å². The molecule has 5 nitrogen and oxygen atoms in total. The highest BCUT2D eigenvalue weighted by atomic mass is 16.2. The number of aromatic nitrogens is 1. The van der Waals surface area contributed by atoms with Crippen molar-refractivity contribution in [2.75, 3.05) is 26.7 Å². The van der Waals surface area contributed by atoms with Crippen LogP contribution in [0.15, 0.2) is 30.5 Å². The molecule has 0 atom stereocenters. The molecule has 1 N–H and O–H groups in total. The number of carbonyl (C=O) groups excluding carboxylic acids is 2. The zero-order valence-electron chi connectivity index (χ0n) is 14.8. The van der Waals surface area contributed by atoms with E-state index >= 15 is 0 Å². The first-order valence-corrected chi connectivity index (χ1v) is 8.57. The Morgan fingerprint density at radius 1 is 1.17 bits per heavy atom. The summed E-state index contributed by atoms with van der Waals surface area (Å²) in [6, 6.07) is 8.11. The lowest BCUT2D eigenvalue weighted by Crippen LogP contribution is -2.41. The van der Waals surface area contributed by atoms with Crippen LogP contribution < -0.4 is 0 Å². The number of carbonyl (C=O) groups is 2. The molecule has 2 aromatic rings. The molecular formula is C19H27N3O2. The molecule has 1 heterocycles. The number of nitrogens with one attached hydrogen (secondary N) is 1. The molecular weight excluding hydrogens is 302 g/mol. The molecule has 0 aliphatic heterocycles. The van der Waals surface area contributed by atoms with Gasteiger partial charge in [-0.05, 0) is 24.5 Å². The number of likely N-dealkylation sites (N-methyl/N-ethyl adjacent to an activating group) is 1. The topological polar surface area (TPSA) is 56.4 Å². The summed E-state index contributed by atoms with van der Waals surface area (Å²) >= 11 is 0. The first-order chi connectivity index (χ1) is 11.5. The van der Waals surface area contributed by atoms with Crippen molar-refractivity contribution in [3.63, 3.8) is 0 Å². The minimum atomic E-state index is -0.0629. The zero-order valence-corrected chi connectivity index (χ0v) is 14.8. The number of rotatable bonds is 8. The third kappa shape index (κ3) is 4.60. The van der Waals surface area contributed by atoms with Crippen LogP contribution in [0.4, 0.5) is 0 Å². The summed E-state index contributed by atoms with van der Waals surface area (Å²) in [6.07, 6.45) is 4.75. The van der Waals surface area contributed by atoms with Crippen LogP contribution in [0.2, 0.25) is 0 Å². The van der Waals surface area contributed by atoms with Gasteiger partial charge in [-0.25, -0.2) is 0 Å². The fourth-order valence-electron chi connectivity index (χ4n) is 2.75. The maximum atomic E-state index is 12.3. The minimum absolute atomic E-state index is 0.00224. The van der Waals surface area contributed by atoms with Crippen LogP contribution in [-0.4, -0.2) is 53.3 Å². The lowest BCUT2D eigenvalue weighted by molar-refractivity contribution is -0.138. The maximum absolute atomic E-state index is 12.3. The van der Waals surface area contributed by atoms with E-state index < -0.39 is 0 Å². The Hall–Kier alpha value is -2.30. The molecule has 2 rings (SSSR count). The van der Waals surface area contributed by atoms with Crippen molar-refractivity contribution in [1.82, 2.24) is 14.8 Å². The average molecular weight is 329 g/mol. The zero-order chi connectivity index (χ0) is 17.5. The summed E-state index contributed by atoms with van der Waals surface area (Å²) in [7, 11) is 1.80. The second-order valence-electron chi connectivity index (χ2n) is 6.22. The van der Waals surface area contributed by atoms with Crippen LogP contribution in [-0.2, 0) is 16.0 Å². The van der Waals surface area contributed by atoms with Gasteiger partial charge >= 0.3 is 0 Å². The van der Waals surface area contributed by atoms with Gasteiger partial charge in [0.25, 0.3) is 0 Å². The van der Waals surface area contributed by atoms with E-state index in [0.29, 0.717) is 6.54 Å². The monoisotopic (exact) mass is 329 g/mol. The van der Waals surface area contributed by atoms with Gasteiger partial charge in [-0.15, -0.1) is 0 Å². The standard InChI is InChI=1S/C19H27N3O2/c1-4-5-11-21(3)19(24)14-22(15(2)23)12-10-16-13-20-18-9-7-6-8-17(16)18/h6-9,13,20H,4-5,10-12,14H2,1-3H3. The number of fused-ring (bicyclic) bond motifs is 1. The van der Waals surface area contributed by atoms with Gasteiger partial charge in [0.1, 0.15) is 0 Å². The van der Waals surface area contributed by atoms with Crippen molar-refractivity contribution in [2.24, 2.45) is 0 Å². The number of H-pyrrole nitrogens is 1. The molecule has 0 aliphatic carbocycles. The van der Waals surface area contributed by atoms with Gasteiger partial charge in [0.2, 0.25) is 11.8 Å². The van der Waals surface area contributed by atoms with E-state index in [1.54, 1.807) is 16.8 Å². The Morgan fingerprint density at radius 2 is 1.92 bits per heavy atom. The van der Waals surface area contributed by atoms with Crippen LogP contribution in [0, 0.1) is 0 Å². The Kier molecular flexibility index (Phi) is 6.41. The van der Waals surface area contributed by atoms with Crippen LogP contribution in [0.1, 0.15) is 32.3 Å². The van der Waals surface area contributed by atoms with Crippen molar-refractivity contribution >= 4 is 22.7 Å².